The molecule has 1 saturated carbocycles. The maximum Gasteiger partial charge on any atom is 0.416 e. The van der Waals surface area contributed by atoms with Gasteiger partial charge in [0.15, 0.2) is 0 Å². The molecule has 0 unspecified atom stereocenters. The van der Waals surface area contributed by atoms with Gasteiger partial charge in [-0.1, -0.05) is 30.3 Å². The summed E-state index contributed by atoms with van der Waals surface area (Å²) in [5.41, 5.74) is 3.93. The lowest BCUT2D eigenvalue weighted by Crippen LogP contribution is -2.30. The lowest BCUT2D eigenvalue weighted by molar-refractivity contribution is -0.137. The molecule has 1 amide bonds. The van der Waals surface area contributed by atoms with Crippen LogP contribution in [0.3, 0.4) is 0 Å². The molecule has 1 atom stereocenters. The van der Waals surface area contributed by atoms with Crippen LogP contribution in [0.25, 0.3) is 39.3 Å². The highest BCUT2D eigenvalue weighted by atomic mass is 19.4. The molecule has 3 aromatic heterocycles. The predicted octanol–water partition coefficient (Wildman–Crippen LogP) is 6.30. The smallest absolute Gasteiger partial charge is 0.342 e. The van der Waals surface area contributed by atoms with Crippen LogP contribution in [-0.2, 0) is 17.5 Å². The maximum atomic E-state index is 13.5. The van der Waals surface area contributed by atoms with E-state index in [9.17, 15) is 18.0 Å². The molecule has 9 heteroatoms. The van der Waals surface area contributed by atoms with Gasteiger partial charge in [0.25, 0.3) is 0 Å². The van der Waals surface area contributed by atoms with Crippen molar-refractivity contribution in [3.63, 3.8) is 0 Å². The summed E-state index contributed by atoms with van der Waals surface area (Å²) in [7, 11) is 0. The molecule has 2 fully saturated rings. The molecule has 6 nitrogen and oxygen atoms in total. The van der Waals surface area contributed by atoms with Gasteiger partial charge in [-0.3, -0.25) is 9.20 Å². The number of carbonyl (C=O) groups excluding carboxylic acids is 1. The standard InChI is InChI=1S/C30H26F3N5O/c31-30(32,33)23-10-11-26-24(16-23)35-28(38(26)18-19-12-14-36(17-19)29(39)22-8-9-22)21-6-4-20(5-7-21)25-2-1-3-27-34-13-15-37(25)27/h1-7,10-11,13,15-16,19,22H,8-9,12,14,17-18H2/t19-/m1/s1. The van der Waals surface area contributed by atoms with Crippen LogP contribution in [0.4, 0.5) is 13.2 Å². The number of halogens is 3. The Hall–Kier alpha value is -4.14. The summed E-state index contributed by atoms with van der Waals surface area (Å²) in [6.45, 7) is 1.99. The third-order valence-corrected chi connectivity index (χ3v) is 7.91. The fourth-order valence-corrected chi connectivity index (χ4v) is 5.71. The zero-order valence-corrected chi connectivity index (χ0v) is 21.1. The first kappa shape index (κ1) is 23.9. The summed E-state index contributed by atoms with van der Waals surface area (Å²) in [6, 6.07) is 17.6. The Morgan fingerprint density at radius 1 is 0.974 bits per heavy atom. The number of carbonyl (C=O) groups is 1. The average Bonchev–Trinajstić information content (AvgIpc) is 3.31. The van der Waals surface area contributed by atoms with Crippen molar-refractivity contribution in [1.29, 1.82) is 0 Å². The minimum atomic E-state index is -4.44. The second-order valence-electron chi connectivity index (χ2n) is 10.6. The van der Waals surface area contributed by atoms with E-state index >= 15 is 0 Å². The van der Waals surface area contributed by atoms with Crippen LogP contribution in [0.5, 0.6) is 0 Å². The number of alkyl halides is 3. The fourth-order valence-electron chi connectivity index (χ4n) is 5.71. The Morgan fingerprint density at radius 2 is 1.77 bits per heavy atom. The zero-order chi connectivity index (χ0) is 26.7. The van der Waals surface area contributed by atoms with Crippen LogP contribution in [0, 0.1) is 11.8 Å². The van der Waals surface area contributed by atoms with E-state index < -0.39 is 11.7 Å². The van der Waals surface area contributed by atoms with Crippen LogP contribution in [0.2, 0.25) is 0 Å². The highest BCUT2D eigenvalue weighted by Crippen LogP contribution is 2.36. The number of likely N-dealkylation sites (tertiary alicyclic amines) is 1. The van der Waals surface area contributed by atoms with Crippen LogP contribution in [0.1, 0.15) is 24.8 Å². The molecule has 5 aromatic rings. The highest BCUT2D eigenvalue weighted by Gasteiger charge is 2.37. The molecule has 39 heavy (non-hydrogen) atoms. The van der Waals surface area contributed by atoms with Crippen molar-refractivity contribution in [1.82, 2.24) is 23.8 Å². The SMILES string of the molecule is O=C(C1CC1)N1CC[C@@H](Cn2c(-c3ccc(-c4cccc5nccn45)cc3)nc3cc(C(F)(F)F)ccc32)C1. The summed E-state index contributed by atoms with van der Waals surface area (Å²) in [6.07, 6.45) is 2.05. The number of hydrogen-bond donors (Lipinski definition) is 0. The quantitative estimate of drug-likeness (QED) is 0.269. The van der Waals surface area contributed by atoms with Crippen molar-refractivity contribution < 1.29 is 18.0 Å². The number of aromatic nitrogens is 4. The first-order valence-electron chi connectivity index (χ1n) is 13.2. The number of hydrogen-bond acceptors (Lipinski definition) is 3. The molecule has 7 rings (SSSR count). The van der Waals surface area contributed by atoms with E-state index in [0.717, 1.165) is 60.4 Å². The largest absolute Gasteiger partial charge is 0.416 e. The van der Waals surface area contributed by atoms with Crippen LogP contribution < -0.4 is 0 Å². The van der Waals surface area contributed by atoms with E-state index in [4.69, 9.17) is 4.98 Å². The van der Waals surface area contributed by atoms with Crippen molar-refractivity contribution >= 4 is 22.6 Å². The normalized spacial score (nSPS) is 17.9. The lowest BCUT2D eigenvalue weighted by Gasteiger charge is -2.18. The molecule has 2 aliphatic rings. The Balaban J connectivity index is 1.25. The Bertz CT molecular complexity index is 1700. The minimum Gasteiger partial charge on any atom is -0.342 e. The topological polar surface area (TPSA) is 55.4 Å². The number of rotatable bonds is 5. The number of imidazole rings is 2. The number of amides is 1. The van der Waals surface area contributed by atoms with Crippen molar-refractivity contribution in [3.8, 4) is 22.6 Å². The molecule has 1 saturated heterocycles. The van der Waals surface area contributed by atoms with E-state index in [1.54, 1.807) is 6.20 Å². The van der Waals surface area contributed by atoms with Crippen molar-refractivity contribution in [2.24, 2.45) is 11.8 Å². The first-order valence-corrected chi connectivity index (χ1v) is 13.2. The van der Waals surface area contributed by atoms with Crippen LogP contribution in [0.15, 0.2) is 73.1 Å². The Morgan fingerprint density at radius 3 is 2.54 bits per heavy atom. The average molecular weight is 530 g/mol. The summed E-state index contributed by atoms with van der Waals surface area (Å²) in [5.74, 6) is 1.26. The van der Waals surface area contributed by atoms with E-state index in [0.29, 0.717) is 29.9 Å². The van der Waals surface area contributed by atoms with Crippen molar-refractivity contribution in [2.75, 3.05) is 13.1 Å². The third kappa shape index (κ3) is 4.35. The van der Waals surface area contributed by atoms with Gasteiger partial charge >= 0.3 is 6.18 Å². The van der Waals surface area contributed by atoms with Crippen LogP contribution >= 0.6 is 0 Å². The van der Waals surface area contributed by atoms with E-state index in [1.165, 1.54) is 6.07 Å². The molecule has 4 heterocycles. The van der Waals surface area contributed by atoms with Gasteiger partial charge < -0.3 is 9.47 Å². The molecule has 0 spiro atoms. The molecular formula is C30H26F3N5O. The van der Waals surface area contributed by atoms with Crippen molar-refractivity contribution in [3.05, 3.63) is 78.6 Å². The zero-order valence-electron chi connectivity index (χ0n) is 21.1. The molecule has 1 aliphatic heterocycles. The first-order chi connectivity index (χ1) is 18.8. The predicted molar refractivity (Wildman–Crippen MR) is 142 cm³/mol. The van der Waals surface area contributed by atoms with Gasteiger partial charge in [0, 0.05) is 43.5 Å². The van der Waals surface area contributed by atoms with Gasteiger partial charge in [0.05, 0.1) is 22.3 Å². The molecule has 198 valence electrons. The third-order valence-electron chi connectivity index (χ3n) is 7.91. The Kier molecular flexibility index (Phi) is 5.50. The van der Waals surface area contributed by atoms with Gasteiger partial charge in [0.2, 0.25) is 5.91 Å². The fraction of sp³-hybridized carbons (Fsp3) is 0.300. The number of benzene rings is 2. The number of nitrogens with zero attached hydrogens (tertiary/aromatic N) is 5. The number of fused-ring (bicyclic) bond motifs is 2. The molecule has 0 N–H and O–H groups in total. The van der Waals surface area contributed by atoms with Crippen LogP contribution in [-0.4, -0.2) is 42.8 Å². The van der Waals surface area contributed by atoms with Gasteiger partial charge in [0.1, 0.15) is 11.5 Å². The second kappa shape index (κ2) is 8.97. The van der Waals surface area contributed by atoms with E-state index in [-0.39, 0.29) is 17.7 Å². The lowest BCUT2D eigenvalue weighted by atomic mass is 10.1. The molecule has 0 radical (unpaired) electrons. The summed E-state index contributed by atoms with van der Waals surface area (Å²) >= 11 is 0. The monoisotopic (exact) mass is 529 g/mol. The number of pyridine rings is 1. The molecular weight excluding hydrogens is 503 g/mol. The van der Waals surface area contributed by atoms with Gasteiger partial charge in [-0.25, -0.2) is 9.97 Å². The summed E-state index contributed by atoms with van der Waals surface area (Å²) in [4.78, 5) is 23.6. The minimum absolute atomic E-state index is 0.181. The van der Waals surface area contributed by atoms with Gasteiger partial charge in [-0.05, 0) is 61.1 Å². The van der Waals surface area contributed by atoms with Gasteiger partial charge in [-0.15, -0.1) is 0 Å². The maximum absolute atomic E-state index is 13.5. The van der Waals surface area contributed by atoms with E-state index in [2.05, 4.69) is 4.98 Å². The summed E-state index contributed by atoms with van der Waals surface area (Å²) < 4.78 is 44.5. The molecule has 2 aromatic carbocycles. The van der Waals surface area contributed by atoms with Gasteiger partial charge in [-0.2, -0.15) is 13.2 Å². The van der Waals surface area contributed by atoms with Crippen molar-refractivity contribution in [2.45, 2.75) is 32.0 Å². The van der Waals surface area contributed by atoms with E-state index in [1.807, 2.05) is 62.5 Å². The second-order valence-corrected chi connectivity index (χ2v) is 10.6. The molecule has 0 bridgehead atoms. The molecule has 1 aliphatic carbocycles. The summed E-state index contributed by atoms with van der Waals surface area (Å²) in [5, 5.41) is 0. The highest BCUT2D eigenvalue weighted by molar-refractivity contribution is 5.82. The Labute approximate surface area is 222 Å².